The second-order valence-electron chi connectivity index (χ2n) is 5.14. The predicted octanol–water partition coefficient (Wildman–Crippen LogP) is 2.59. The molecule has 1 aliphatic rings. The average Bonchev–Trinajstić information content (AvgIpc) is 2.85. The summed E-state index contributed by atoms with van der Waals surface area (Å²) in [6.45, 7) is 1.98. The summed E-state index contributed by atoms with van der Waals surface area (Å²) >= 11 is 1.01. The topological polar surface area (TPSA) is 86.2 Å². The molecule has 24 heavy (non-hydrogen) atoms. The lowest BCUT2D eigenvalue weighted by Gasteiger charge is -2.15. The van der Waals surface area contributed by atoms with E-state index in [9.17, 15) is 9.59 Å². The molecule has 0 aliphatic carbocycles. The van der Waals surface area contributed by atoms with E-state index in [2.05, 4.69) is 10.4 Å². The predicted molar refractivity (Wildman–Crippen MR) is 93.0 cm³/mol. The Morgan fingerprint density at radius 1 is 1.21 bits per heavy atom. The third-order valence-electron chi connectivity index (χ3n) is 3.35. The first-order chi connectivity index (χ1) is 11.5. The van der Waals surface area contributed by atoms with Gasteiger partial charge in [-0.15, -0.1) is 0 Å². The maximum atomic E-state index is 12.4. The summed E-state index contributed by atoms with van der Waals surface area (Å²) in [5.74, 6) is -0.888. The van der Waals surface area contributed by atoms with Gasteiger partial charge in [0, 0.05) is 18.0 Å². The van der Waals surface area contributed by atoms with Gasteiger partial charge in [0.2, 0.25) is 0 Å². The highest BCUT2D eigenvalue weighted by Crippen LogP contribution is 2.30. The van der Waals surface area contributed by atoms with Gasteiger partial charge in [-0.25, -0.2) is 0 Å². The molecule has 0 spiro atoms. The van der Waals surface area contributed by atoms with Crippen LogP contribution in [0.3, 0.4) is 0 Å². The number of amidine groups is 1. The largest absolute Gasteiger partial charge is 0.285 e. The molecule has 2 amide bonds. The number of carbonyl (C=O) groups is 2. The first-order valence-corrected chi connectivity index (χ1v) is 7.96. The zero-order valence-corrected chi connectivity index (χ0v) is 13.6. The number of hydrogen-bond acceptors (Lipinski definition) is 5. The second-order valence-corrected chi connectivity index (χ2v) is 6.17. The molecule has 2 heterocycles. The van der Waals surface area contributed by atoms with E-state index < -0.39 is 11.8 Å². The Bertz CT molecular complexity index is 831. The third-order valence-corrected chi connectivity index (χ3v) is 4.24. The highest BCUT2D eigenvalue weighted by molar-refractivity contribution is 8.18. The molecule has 120 valence electrons. The molecular weight excluding hydrogens is 324 g/mol. The highest BCUT2D eigenvalue weighted by Gasteiger charge is 2.34. The average molecular weight is 338 g/mol. The molecule has 1 saturated heterocycles. The van der Waals surface area contributed by atoms with E-state index in [0.29, 0.717) is 10.5 Å². The Morgan fingerprint density at radius 3 is 2.54 bits per heavy atom. The summed E-state index contributed by atoms with van der Waals surface area (Å²) in [6.07, 6.45) is 4.69. The summed E-state index contributed by atoms with van der Waals surface area (Å²) in [5, 5.41) is 8.83. The van der Waals surface area contributed by atoms with Crippen molar-refractivity contribution in [3.05, 3.63) is 70.4 Å². The number of benzene rings is 1. The van der Waals surface area contributed by atoms with Gasteiger partial charge in [-0.05, 0) is 42.5 Å². The normalized spacial score (nSPS) is 15.9. The molecule has 1 aliphatic heterocycles. The molecule has 7 heteroatoms. The zero-order chi connectivity index (χ0) is 17.1. The first kappa shape index (κ1) is 15.9. The van der Waals surface area contributed by atoms with Crippen LogP contribution in [0.2, 0.25) is 0 Å². The van der Waals surface area contributed by atoms with Crippen molar-refractivity contribution >= 4 is 34.8 Å². The number of aryl methyl sites for hydroxylation is 1. The van der Waals surface area contributed by atoms with Crippen LogP contribution in [0.1, 0.15) is 21.5 Å². The summed E-state index contributed by atoms with van der Waals surface area (Å²) < 4.78 is 0. The number of amides is 2. The monoisotopic (exact) mass is 338 g/mol. The first-order valence-electron chi connectivity index (χ1n) is 7.15. The van der Waals surface area contributed by atoms with E-state index in [4.69, 9.17) is 5.41 Å². The van der Waals surface area contributed by atoms with E-state index in [-0.39, 0.29) is 5.17 Å². The van der Waals surface area contributed by atoms with Gasteiger partial charge in [0.1, 0.15) is 0 Å². The van der Waals surface area contributed by atoms with E-state index in [1.165, 1.54) is 24.5 Å². The second kappa shape index (κ2) is 6.67. The van der Waals surface area contributed by atoms with Gasteiger partial charge in [-0.3, -0.25) is 25.4 Å². The van der Waals surface area contributed by atoms with Crippen molar-refractivity contribution in [2.24, 2.45) is 0 Å². The number of nitrogens with one attached hydrogen (secondary N) is 2. The number of nitrogens with zero attached hydrogens (tertiary/aromatic N) is 2. The van der Waals surface area contributed by atoms with Gasteiger partial charge in [-0.2, -0.15) is 5.01 Å². The molecule has 6 nitrogen and oxygen atoms in total. The minimum Gasteiger partial charge on any atom is -0.277 e. The van der Waals surface area contributed by atoms with Crippen molar-refractivity contribution in [2.45, 2.75) is 6.92 Å². The van der Waals surface area contributed by atoms with E-state index in [0.717, 1.165) is 27.9 Å². The van der Waals surface area contributed by atoms with Crippen molar-refractivity contribution in [1.29, 1.82) is 5.41 Å². The van der Waals surface area contributed by atoms with Crippen molar-refractivity contribution in [3.63, 3.8) is 0 Å². The number of thioether (sulfide) groups is 1. The van der Waals surface area contributed by atoms with Crippen LogP contribution in [-0.4, -0.2) is 27.0 Å². The summed E-state index contributed by atoms with van der Waals surface area (Å²) in [7, 11) is 0. The minimum atomic E-state index is -0.465. The molecule has 0 atom stereocenters. The van der Waals surface area contributed by atoms with Crippen molar-refractivity contribution in [1.82, 2.24) is 15.4 Å². The van der Waals surface area contributed by atoms with Crippen molar-refractivity contribution in [3.8, 4) is 0 Å². The van der Waals surface area contributed by atoms with Gasteiger partial charge in [0.15, 0.2) is 5.17 Å². The maximum Gasteiger partial charge on any atom is 0.285 e. The van der Waals surface area contributed by atoms with Gasteiger partial charge < -0.3 is 0 Å². The van der Waals surface area contributed by atoms with Crippen LogP contribution in [-0.2, 0) is 4.79 Å². The molecule has 2 aromatic rings. The van der Waals surface area contributed by atoms with Crippen LogP contribution in [0.15, 0.2) is 53.7 Å². The summed E-state index contributed by atoms with van der Waals surface area (Å²) in [4.78, 5) is 28.8. The summed E-state index contributed by atoms with van der Waals surface area (Å²) in [6, 6.07) is 10.8. The lowest BCUT2D eigenvalue weighted by atomic mass is 10.1. The lowest BCUT2D eigenvalue weighted by Crippen LogP contribution is -2.45. The molecule has 0 bridgehead atoms. The number of pyridine rings is 1. The van der Waals surface area contributed by atoms with Crippen molar-refractivity contribution < 1.29 is 9.59 Å². The number of rotatable bonds is 3. The van der Waals surface area contributed by atoms with Crippen LogP contribution in [0, 0.1) is 12.3 Å². The standard InChI is InChI=1S/C17H14N4O2S/c1-11-2-4-12(5-3-11)10-14-16(23)21(17(18)24-14)20-15(22)13-6-8-19-9-7-13/h2-10,18H,1H3,(H,20,22)/b14-10-,18-17?. The van der Waals surface area contributed by atoms with E-state index in [1.807, 2.05) is 31.2 Å². The van der Waals surface area contributed by atoms with Crippen LogP contribution < -0.4 is 5.43 Å². The number of carbonyl (C=O) groups excluding carboxylic acids is 2. The summed E-state index contributed by atoms with van der Waals surface area (Å²) in [5.41, 5.74) is 4.81. The maximum absolute atomic E-state index is 12.4. The third kappa shape index (κ3) is 3.36. The van der Waals surface area contributed by atoms with E-state index >= 15 is 0 Å². The van der Waals surface area contributed by atoms with Gasteiger partial charge in [0.25, 0.3) is 11.8 Å². The highest BCUT2D eigenvalue weighted by atomic mass is 32.2. The quantitative estimate of drug-likeness (QED) is 0.842. The van der Waals surface area contributed by atoms with Gasteiger partial charge >= 0.3 is 0 Å². The molecule has 1 aromatic heterocycles. The molecule has 1 fully saturated rings. The fourth-order valence-electron chi connectivity index (χ4n) is 2.07. The number of hydrogen-bond donors (Lipinski definition) is 2. The molecule has 3 rings (SSSR count). The zero-order valence-electron chi connectivity index (χ0n) is 12.8. The lowest BCUT2D eigenvalue weighted by molar-refractivity contribution is -0.123. The fourth-order valence-corrected chi connectivity index (χ4v) is 2.87. The molecule has 0 unspecified atom stereocenters. The Kier molecular flexibility index (Phi) is 4.43. The molecule has 2 N–H and O–H groups in total. The SMILES string of the molecule is Cc1ccc(/C=C2\SC(=N)N(NC(=O)c3ccncc3)C2=O)cc1. The van der Waals surface area contributed by atoms with Crippen LogP contribution in [0.5, 0.6) is 0 Å². The van der Waals surface area contributed by atoms with Gasteiger partial charge in [-0.1, -0.05) is 29.8 Å². The smallest absolute Gasteiger partial charge is 0.277 e. The number of aromatic nitrogens is 1. The van der Waals surface area contributed by atoms with Crippen LogP contribution in [0.25, 0.3) is 6.08 Å². The minimum absolute atomic E-state index is 0.0410. The molecule has 0 saturated carbocycles. The molecule has 1 aromatic carbocycles. The molecular formula is C17H14N4O2S. The Morgan fingerprint density at radius 2 is 1.88 bits per heavy atom. The number of hydrazine groups is 1. The van der Waals surface area contributed by atoms with E-state index in [1.54, 1.807) is 6.08 Å². The fraction of sp³-hybridized carbons (Fsp3) is 0.0588. The Labute approximate surface area is 143 Å². The van der Waals surface area contributed by atoms with Crippen LogP contribution in [0.4, 0.5) is 0 Å². The Balaban J connectivity index is 1.77. The Hall–Kier alpha value is -2.93. The van der Waals surface area contributed by atoms with Gasteiger partial charge in [0.05, 0.1) is 4.91 Å². The molecule has 0 radical (unpaired) electrons. The van der Waals surface area contributed by atoms with Crippen LogP contribution >= 0.6 is 11.8 Å². The van der Waals surface area contributed by atoms with Crippen molar-refractivity contribution in [2.75, 3.05) is 0 Å².